The Labute approximate surface area is 196 Å². The number of methoxy groups -OCH3 is 1. The van der Waals surface area contributed by atoms with E-state index < -0.39 is 12.0 Å². The molecule has 0 bridgehead atoms. The van der Waals surface area contributed by atoms with Crippen molar-refractivity contribution in [3.8, 4) is 0 Å². The third kappa shape index (κ3) is 4.89. The van der Waals surface area contributed by atoms with Crippen molar-refractivity contribution in [3.05, 3.63) is 74.9 Å². The van der Waals surface area contributed by atoms with Crippen LogP contribution in [0.15, 0.2) is 53.7 Å². The van der Waals surface area contributed by atoms with Crippen LogP contribution < -0.4 is 10.6 Å². The maximum atomic E-state index is 12.6. The summed E-state index contributed by atoms with van der Waals surface area (Å²) in [6, 6.07) is 10.5. The molecule has 0 radical (unpaired) electrons. The summed E-state index contributed by atoms with van der Waals surface area (Å²) < 4.78 is 4.96. The lowest BCUT2D eigenvalue weighted by molar-refractivity contribution is -0.136. The fourth-order valence-corrected chi connectivity index (χ4v) is 3.80. The summed E-state index contributed by atoms with van der Waals surface area (Å²) in [5.74, 6) is -0.853. The normalized spacial score (nSPS) is 16.0. The number of nitrogens with zero attached hydrogens (tertiary/aromatic N) is 1. The number of carbonyl (C=O) groups excluding carboxylic acids is 3. The number of hydrogen-bond acceptors (Lipinski definition) is 4. The Morgan fingerprint density at radius 3 is 2.41 bits per heavy atom. The van der Waals surface area contributed by atoms with Gasteiger partial charge in [0.15, 0.2) is 0 Å². The number of carbonyl (C=O) groups is 3. The van der Waals surface area contributed by atoms with Crippen molar-refractivity contribution in [2.45, 2.75) is 26.3 Å². The van der Waals surface area contributed by atoms with E-state index in [1.807, 2.05) is 6.92 Å². The van der Waals surface area contributed by atoms with Crippen LogP contribution in [0.5, 0.6) is 0 Å². The molecule has 1 aliphatic rings. The zero-order valence-corrected chi connectivity index (χ0v) is 19.4. The number of urea groups is 1. The Morgan fingerprint density at radius 2 is 1.81 bits per heavy atom. The number of allylic oxidation sites excluding steroid dienone is 1. The fourth-order valence-electron chi connectivity index (χ4n) is 3.50. The quantitative estimate of drug-likeness (QED) is 0.564. The molecule has 0 aromatic heterocycles. The van der Waals surface area contributed by atoms with Crippen molar-refractivity contribution in [3.63, 3.8) is 0 Å². The minimum Gasteiger partial charge on any atom is -0.466 e. The summed E-state index contributed by atoms with van der Waals surface area (Å²) in [6.07, 6.45) is 0.747. The Bertz CT molecular complexity index is 1080. The first-order chi connectivity index (χ1) is 15.3. The molecule has 32 heavy (non-hydrogen) atoms. The second kappa shape index (κ2) is 10.1. The summed E-state index contributed by atoms with van der Waals surface area (Å²) in [7, 11) is 1.31. The second-order valence-electron chi connectivity index (χ2n) is 7.23. The van der Waals surface area contributed by atoms with Gasteiger partial charge in [0.25, 0.3) is 5.91 Å². The number of halogens is 2. The standard InChI is InChI=1S/C23H23Cl2N3O4/c1-4-11-28-13(2)19(22(30)32-3)20(27-23(28)31)14-5-8-16(9-6-14)26-21(29)15-7-10-17(24)18(25)12-15/h5-10,12,20H,4,11H2,1-3H3,(H,26,29)(H,27,31)/t20-/m0/s1. The van der Waals surface area contributed by atoms with Gasteiger partial charge in [-0.3, -0.25) is 9.69 Å². The lowest BCUT2D eigenvalue weighted by atomic mass is 9.94. The molecule has 0 spiro atoms. The van der Waals surface area contributed by atoms with Crippen molar-refractivity contribution in [2.75, 3.05) is 19.0 Å². The predicted octanol–water partition coefficient (Wildman–Crippen LogP) is 5.17. The van der Waals surface area contributed by atoms with Gasteiger partial charge in [0.2, 0.25) is 0 Å². The van der Waals surface area contributed by atoms with Crippen molar-refractivity contribution in [1.29, 1.82) is 0 Å². The second-order valence-corrected chi connectivity index (χ2v) is 8.04. The molecule has 2 N–H and O–H groups in total. The average molecular weight is 476 g/mol. The number of amides is 3. The van der Waals surface area contributed by atoms with E-state index in [9.17, 15) is 14.4 Å². The van der Waals surface area contributed by atoms with Crippen LogP contribution in [0.1, 0.15) is 42.2 Å². The van der Waals surface area contributed by atoms with Gasteiger partial charge in [0.1, 0.15) is 0 Å². The Kier molecular flexibility index (Phi) is 7.43. The summed E-state index contributed by atoms with van der Waals surface area (Å²) >= 11 is 11.9. The van der Waals surface area contributed by atoms with Gasteiger partial charge in [-0.2, -0.15) is 0 Å². The largest absolute Gasteiger partial charge is 0.466 e. The van der Waals surface area contributed by atoms with E-state index in [4.69, 9.17) is 27.9 Å². The zero-order valence-electron chi connectivity index (χ0n) is 17.9. The Morgan fingerprint density at radius 1 is 1.12 bits per heavy atom. The first kappa shape index (κ1) is 23.6. The van der Waals surface area contributed by atoms with Crippen LogP contribution in [0.4, 0.5) is 10.5 Å². The third-order valence-corrected chi connectivity index (χ3v) is 5.87. The Balaban J connectivity index is 1.85. The number of esters is 1. The van der Waals surface area contributed by atoms with Crippen LogP contribution in [-0.2, 0) is 9.53 Å². The van der Waals surface area contributed by atoms with E-state index in [0.717, 1.165) is 6.42 Å². The van der Waals surface area contributed by atoms with E-state index in [1.54, 1.807) is 43.3 Å². The Hall–Kier alpha value is -3.03. The van der Waals surface area contributed by atoms with Gasteiger partial charge in [-0.05, 0) is 49.2 Å². The molecule has 0 unspecified atom stereocenters. The molecule has 3 amide bonds. The maximum Gasteiger partial charge on any atom is 0.337 e. The number of rotatable bonds is 6. The molecule has 0 saturated carbocycles. The average Bonchev–Trinajstić information content (AvgIpc) is 2.78. The van der Waals surface area contributed by atoms with Gasteiger partial charge < -0.3 is 15.4 Å². The summed E-state index contributed by atoms with van der Waals surface area (Å²) in [5.41, 5.74) is 2.52. The number of nitrogens with one attached hydrogen (secondary N) is 2. The predicted molar refractivity (Wildman–Crippen MR) is 124 cm³/mol. The van der Waals surface area contributed by atoms with Crippen molar-refractivity contribution in [2.24, 2.45) is 0 Å². The van der Waals surface area contributed by atoms with Gasteiger partial charge >= 0.3 is 12.0 Å². The highest BCUT2D eigenvalue weighted by Gasteiger charge is 2.35. The molecule has 7 nitrogen and oxygen atoms in total. The van der Waals surface area contributed by atoms with Gasteiger partial charge in [-0.25, -0.2) is 9.59 Å². The number of ether oxygens (including phenoxy) is 1. The van der Waals surface area contributed by atoms with Crippen molar-refractivity contribution in [1.82, 2.24) is 10.2 Å². The molecule has 1 aliphatic heterocycles. The number of benzene rings is 2. The van der Waals surface area contributed by atoms with Gasteiger partial charge in [0, 0.05) is 23.5 Å². The number of hydrogen-bond donors (Lipinski definition) is 2. The summed E-state index contributed by atoms with van der Waals surface area (Å²) in [6.45, 7) is 4.18. The highest BCUT2D eigenvalue weighted by atomic mass is 35.5. The molecular weight excluding hydrogens is 453 g/mol. The van der Waals surface area contributed by atoms with Crippen LogP contribution in [0.3, 0.4) is 0 Å². The maximum absolute atomic E-state index is 12.6. The fraction of sp³-hybridized carbons (Fsp3) is 0.261. The summed E-state index contributed by atoms with van der Waals surface area (Å²) in [5, 5.41) is 6.31. The zero-order chi connectivity index (χ0) is 23.4. The molecule has 2 aromatic carbocycles. The molecule has 0 aliphatic carbocycles. The highest BCUT2D eigenvalue weighted by Crippen LogP contribution is 2.32. The van der Waals surface area contributed by atoms with E-state index in [1.165, 1.54) is 18.1 Å². The van der Waals surface area contributed by atoms with Crippen LogP contribution in [-0.4, -0.2) is 36.5 Å². The lowest BCUT2D eigenvalue weighted by Gasteiger charge is -2.35. The van der Waals surface area contributed by atoms with Crippen LogP contribution in [0.2, 0.25) is 10.0 Å². The topological polar surface area (TPSA) is 87.7 Å². The van der Waals surface area contributed by atoms with E-state index >= 15 is 0 Å². The third-order valence-electron chi connectivity index (χ3n) is 5.13. The smallest absolute Gasteiger partial charge is 0.337 e. The molecule has 1 heterocycles. The molecule has 3 rings (SSSR count). The highest BCUT2D eigenvalue weighted by molar-refractivity contribution is 6.42. The molecule has 0 fully saturated rings. The van der Waals surface area contributed by atoms with E-state index in [-0.39, 0.29) is 17.0 Å². The van der Waals surface area contributed by atoms with E-state index in [2.05, 4.69) is 10.6 Å². The van der Waals surface area contributed by atoms with Crippen molar-refractivity contribution >= 4 is 46.8 Å². The first-order valence-electron chi connectivity index (χ1n) is 10.00. The SMILES string of the molecule is CCCN1C(=O)N[C@@H](c2ccc(NC(=O)c3ccc(Cl)c(Cl)c3)cc2)C(C(=O)OC)=C1C. The van der Waals surface area contributed by atoms with Gasteiger partial charge in [-0.1, -0.05) is 42.3 Å². The minimum atomic E-state index is -0.664. The molecular formula is C23H23Cl2N3O4. The monoisotopic (exact) mass is 475 g/mol. The molecule has 1 atom stereocenters. The molecule has 9 heteroatoms. The summed E-state index contributed by atoms with van der Waals surface area (Å²) in [4.78, 5) is 39.1. The lowest BCUT2D eigenvalue weighted by Crippen LogP contribution is -2.48. The molecule has 0 saturated heterocycles. The van der Waals surface area contributed by atoms with Gasteiger partial charge in [-0.15, -0.1) is 0 Å². The molecule has 2 aromatic rings. The van der Waals surface area contributed by atoms with Crippen LogP contribution in [0, 0.1) is 0 Å². The van der Waals surface area contributed by atoms with Crippen LogP contribution >= 0.6 is 23.2 Å². The molecule has 168 valence electrons. The van der Waals surface area contributed by atoms with Crippen molar-refractivity contribution < 1.29 is 19.1 Å². The minimum absolute atomic E-state index is 0.279. The first-order valence-corrected chi connectivity index (χ1v) is 10.8. The van der Waals surface area contributed by atoms with Crippen LogP contribution in [0.25, 0.3) is 0 Å². The number of anilines is 1. The van der Waals surface area contributed by atoms with Gasteiger partial charge in [0.05, 0.1) is 28.8 Å². The van der Waals surface area contributed by atoms with E-state index in [0.29, 0.717) is 39.7 Å².